The molecule has 134 valence electrons. The Morgan fingerprint density at radius 3 is 2.54 bits per heavy atom. The molecule has 1 heterocycles. The van der Waals surface area contributed by atoms with Crippen LogP contribution in [0, 0.1) is 6.92 Å². The minimum Gasteiger partial charge on any atom is -0.494 e. The number of aromatic nitrogens is 2. The lowest BCUT2D eigenvalue weighted by molar-refractivity contribution is 0.340. The molecule has 0 aliphatic heterocycles. The maximum atomic E-state index is 6.14. The van der Waals surface area contributed by atoms with Crippen LogP contribution in [0.25, 0.3) is 28.1 Å². The molecular weight excluding hydrogens is 326 g/mol. The summed E-state index contributed by atoms with van der Waals surface area (Å²) < 4.78 is 5.53. The van der Waals surface area contributed by atoms with E-state index in [1.54, 1.807) is 0 Å². The smallest absolute Gasteiger partial charge is 0.222 e. The van der Waals surface area contributed by atoms with Gasteiger partial charge in [-0.25, -0.2) is 4.98 Å². The van der Waals surface area contributed by atoms with Crippen molar-refractivity contribution >= 4 is 28.7 Å². The number of nitrogens with zero attached hydrogens (tertiary/aromatic N) is 2. The van der Waals surface area contributed by atoms with Crippen LogP contribution in [0.4, 0.5) is 11.8 Å². The fourth-order valence-electron chi connectivity index (χ4n) is 3.05. The van der Waals surface area contributed by atoms with Crippen LogP contribution in [0.15, 0.2) is 36.5 Å². The summed E-state index contributed by atoms with van der Waals surface area (Å²) in [4.78, 5) is 8.51. The molecule has 5 N–H and O–H groups in total. The number of fused-ring (bicyclic) bond motifs is 1. The molecule has 1 aromatic heterocycles. The quantitative estimate of drug-likeness (QED) is 0.653. The highest BCUT2D eigenvalue weighted by molar-refractivity contribution is 6.00. The standard InChI is InChI=1S/C20H23N5O/c1-4-26-14-7-5-13(6-8-14)16-11-17-18(19(21)25-20(22)24-17)15(12(16)2)9-10-23-3/h5-11,23H,4H2,1-3H3,(H4,21,22,24,25)/b10-9-. The second-order valence-corrected chi connectivity index (χ2v) is 5.90. The number of hydrogen-bond acceptors (Lipinski definition) is 6. The Morgan fingerprint density at radius 1 is 1.15 bits per heavy atom. The topological polar surface area (TPSA) is 99.1 Å². The third kappa shape index (κ3) is 3.26. The minimum absolute atomic E-state index is 0.167. The van der Waals surface area contributed by atoms with E-state index in [2.05, 4.69) is 22.2 Å². The molecule has 3 rings (SSSR count). The Bertz CT molecular complexity index is 964. The molecule has 0 radical (unpaired) electrons. The molecule has 6 nitrogen and oxygen atoms in total. The SMILES string of the molecule is CCOc1ccc(-c2cc3nc(N)nc(N)c3c(/C=C\NC)c2C)cc1. The molecule has 0 atom stereocenters. The number of benzene rings is 2. The van der Waals surface area contributed by atoms with Gasteiger partial charge < -0.3 is 21.5 Å². The number of nitrogens with two attached hydrogens (primary N) is 2. The van der Waals surface area contributed by atoms with Gasteiger partial charge in [0.1, 0.15) is 11.6 Å². The van der Waals surface area contributed by atoms with Crippen molar-refractivity contribution in [2.24, 2.45) is 0 Å². The number of hydrogen-bond donors (Lipinski definition) is 3. The molecular formula is C20H23N5O. The van der Waals surface area contributed by atoms with Crippen molar-refractivity contribution in [1.29, 1.82) is 0 Å². The summed E-state index contributed by atoms with van der Waals surface area (Å²) in [6.45, 7) is 4.68. The molecule has 0 spiro atoms. The average molecular weight is 349 g/mol. The van der Waals surface area contributed by atoms with Crippen LogP contribution in [0.5, 0.6) is 5.75 Å². The van der Waals surface area contributed by atoms with Gasteiger partial charge in [-0.2, -0.15) is 4.98 Å². The van der Waals surface area contributed by atoms with E-state index in [1.165, 1.54) is 0 Å². The summed E-state index contributed by atoms with van der Waals surface area (Å²) in [5, 5.41) is 3.82. The normalized spacial score (nSPS) is 11.2. The molecule has 2 aromatic carbocycles. The van der Waals surface area contributed by atoms with Crippen LogP contribution in [0.1, 0.15) is 18.1 Å². The Kier molecular flexibility index (Phi) is 4.93. The number of rotatable bonds is 5. The van der Waals surface area contributed by atoms with Crippen molar-refractivity contribution in [2.75, 3.05) is 25.1 Å². The van der Waals surface area contributed by atoms with Crippen LogP contribution in [0.2, 0.25) is 0 Å². The first-order chi connectivity index (χ1) is 12.5. The van der Waals surface area contributed by atoms with Crippen LogP contribution in [-0.4, -0.2) is 23.6 Å². The second-order valence-electron chi connectivity index (χ2n) is 5.90. The average Bonchev–Trinajstić information content (AvgIpc) is 2.62. The Labute approximate surface area is 152 Å². The summed E-state index contributed by atoms with van der Waals surface area (Å²) in [6.07, 6.45) is 3.84. The van der Waals surface area contributed by atoms with Gasteiger partial charge >= 0.3 is 0 Å². The first-order valence-corrected chi connectivity index (χ1v) is 8.48. The van der Waals surface area contributed by atoms with Crippen molar-refractivity contribution in [1.82, 2.24) is 15.3 Å². The van der Waals surface area contributed by atoms with Gasteiger partial charge in [-0.15, -0.1) is 0 Å². The lowest BCUT2D eigenvalue weighted by atomic mass is 9.93. The molecule has 0 unspecified atom stereocenters. The fourth-order valence-corrected chi connectivity index (χ4v) is 3.05. The third-order valence-electron chi connectivity index (χ3n) is 4.23. The first-order valence-electron chi connectivity index (χ1n) is 8.48. The van der Waals surface area contributed by atoms with Gasteiger partial charge in [-0.05, 0) is 66.6 Å². The van der Waals surface area contributed by atoms with E-state index in [0.29, 0.717) is 12.4 Å². The summed E-state index contributed by atoms with van der Waals surface area (Å²) in [7, 11) is 1.85. The van der Waals surface area contributed by atoms with Crippen LogP contribution in [0.3, 0.4) is 0 Å². The monoisotopic (exact) mass is 349 g/mol. The molecule has 0 aliphatic rings. The predicted octanol–water partition coefficient (Wildman–Crippen LogP) is 3.36. The molecule has 3 aromatic rings. The second kappa shape index (κ2) is 7.31. The van der Waals surface area contributed by atoms with E-state index in [0.717, 1.165) is 38.9 Å². The van der Waals surface area contributed by atoms with E-state index >= 15 is 0 Å². The molecule has 26 heavy (non-hydrogen) atoms. The van der Waals surface area contributed by atoms with Crippen molar-refractivity contribution < 1.29 is 4.74 Å². The Balaban J connectivity index is 2.25. The zero-order valence-electron chi connectivity index (χ0n) is 15.2. The largest absolute Gasteiger partial charge is 0.494 e. The summed E-state index contributed by atoms with van der Waals surface area (Å²) in [5.74, 6) is 1.39. The lowest BCUT2D eigenvalue weighted by Crippen LogP contribution is -2.03. The van der Waals surface area contributed by atoms with Crippen molar-refractivity contribution in [3.8, 4) is 16.9 Å². The van der Waals surface area contributed by atoms with Crippen LogP contribution in [-0.2, 0) is 0 Å². The number of anilines is 2. The van der Waals surface area contributed by atoms with Gasteiger partial charge in [-0.3, -0.25) is 0 Å². The lowest BCUT2D eigenvalue weighted by Gasteiger charge is -2.15. The molecule has 0 bridgehead atoms. The first kappa shape index (κ1) is 17.5. The van der Waals surface area contributed by atoms with Gasteiger partial charge in [0.2, 0.25) is 5.95 Å². The van der Waals surface area contributed by atoms with E-state index in [1.807, 2.05) is 56.6 Å². The molecule has 0 saturated carbocycles. The number of nitrogens with one attached hydrogen (secondary N) is 1. The highest BCUT2D eigenvalue weighted by Gasteiger charge is 2.15. The minimum atomic E-state index is 0.167. The van der Waals surface area contributed by atoms with Gasteiger partial charge in [0, 0.05) is 7.05 Å². The van der Waals surface area contributed by atoms with Crippen LogP contribution >= 0.6 is 0 Å². The van der Waals surface area contributed by atoms with Gasteiger partial charge in [0.15, 0.2) is 0 Å². The van der Waals surface area contributed by atoms with E-state index in [9.17, 15) is 0 Å². The van der Waals surface area contributed by atoms with Crippen molar-refractivity contribution in [3.05, 3.63) is 47.7 Å². The highest BCUT2D eigenvalue weighted by Crippen LogP contribution is 2.35. The zero-order valence-corrected chi connectivity index (χ0v) is 15.2. The van der Waals surface area contributed by atoms with Crippen molar-refractivity contribution in [3.63, 3.8) is 0 Å². The summed E-state index contributed by atoms with van der Waals surface area (Å²) >= 11 is 0. The third-order valence-corrected chi connectivity index (χ3v) is 4.23. The predicted molar refractivity (Wildman–Crippen MR) is 108 cm³/mol. The Morgan fingerprint density at radius 2 is 1.88 bits per heavy atom. The summed E-state index contributed by atoms with van der Waals surface area (Å²) in [6, 6.07) is 10.0. The molecule has 0 amide bonds. The molecule has 0 aliphatic carbocycles. The van der Waals surface area contributed by atoms with E-state index in [-0.39, 0.29) is 5.95 Å². The van der Waals surface area contributed by atoms with Gasteiger partial charge in [0.05, 0.1) is 17.5 Å². The Hall–Kier alpha value is -3.28. The van der Waals surface area contributed by atoms with E-state index in [4.69, 9.17) is 16.2 Å². The van der Waals surface area contributed by atoms with Gasteiger partial charge in [-0.1, -0.05) is 12.1 Å². The highest BCUT2D eigenvalue weighted by atomic mass is 16.5. The molecule has 0 saturated heterocycles. The van der Waals surface area contributed by atoms with E-state index < -0.39 is 0 Å². The van der Waals surface area contributed by atoms with Crippen LogP contribution < -0.4 is 21.5 Å². The maximum absolute atomic E-state index is 6.14. The molecule has 0 fully saturated rings. The molecule has 6 heteroatoms. The maximum Gasteiger partial charge on any atom is 0.222 e. The van der Waals surface area contributed by atoms with Gasteiger partial charge in [0.25, 0.3) is 0 Å². The van der Waals surface area contributed by atoms with Crippen molar-refractivity contribution in [2.45, 2.75) is 13.8 Å². The zero-order chi connectivity index (χ0) is 18.7. The summed E-state index contributed by atoms with van der Waals surface area (Å²) in [5.41, 5.74) is 16.9. The number of nitrogen functional groups attached to an aromatic ring is 2. The number of ether oxygens (including phenoxy) is 1. The fraction of sp³-hybridized carbons (Fsp3) is 0.200.